The van der Waals surface area contributed by atoms with Crippen molar-refractivity contribution in [3.05, 3.63) is 70.4 Å². The van der Waals surface area contributed by atoms with Crippen LogP contribution in [0.25, 0.3) is 0 Å². The number of amides is 2. The van der Waals surface area contributed by atoms with Crippen molar-refractivity contribution in [1.29, 1.82) is 0 Å². The number of hydrogen-bond acceptors (Lipinski definition) is 6. The summed E-state index contributed by atoms with van der Waals surface area (Å²) in [4.78, 5) is 41.7. The average Bonchev–Trinajstić information content (AvgIpc) is 3.34. The first-order valence-electron chi connectivity index (χ1n) is 11.5. The van der Waals surface area contributed by atoms with E-state index in [-0.39, 0.29) is 11.8 Å². The predicted octanol–water partition coefficient (Wildman–Crippen LogP) is 4.14. The Hall–Kier alpha value is -3.10. The molecule has 8 heteroatoms. The Kier molecular flexibility index (Phi) is 7.09. The SMILES string of the molecule is CCN1C(=O)C(C)(C)C(=O)N(C)c2cc(CN(CCc3cccnc3)Cc3cncs3)ccc21. The van der Waals surface area contributed by atoms with E-state index in [0.29, 0.717) is 6.54 Å². The molecule has 0 aliphatic carbocycles. The molecule has 34 heavy (non-hydrogen) atoms. The summed E-state index contributed by atoms with van der Waals surface area (Å²) in [5, 5.41) is 0. The monoisotopic (exact) mass is 477 g/mol. The Bertz CT molecular complexity index is 1150. The minimum Gasteiger partial charge on any atom is -0.313 e. The predicted molar refractivity (Wildman–Crippen MR) is 136 cm³/mol. The smallest absolute Gasteiger partial charge is 0.242 e. The van der Waals surface area contributed by atoms with Gasteiger partial charge in [0.05, 0.1) is 16.9 Å². The van der Waals surface area contributed by atoms with Gasteiger partial charge < -0.3 is 9.80 Å². The topological polar surface area (TPSA) is 69.6 Å². The van der Waals surface area contributed by atoms with Crippen molar-refractivity contribution < 1.29 is 9.59 Å². The van der Waals surface area contributed by atoms with E-state index in [1.807, 2.05) is 43.0 Å². The van der Waals surface area contributed by atoms with E-state index >= 15 is 0 Å². The normalized spacial score (nSPS) is 15.6. The third kappa shape index (κ3) is 4.88. The zero-order valence-electron chi connectivity index (χ0n) is 20.2. The summed E-state index contributed by atoms with van der Waals surface area (Å²) in [5.74, 6) is -0.355. The Labute approximate surface area is 205 Å². The molecule has 0 saturated heterocycles. The molecule has 178 valence electrons. The lowest BCUT2D eigenvalue weighted by Gasteiger charge is -2.27. The molecule has 1 aliphatic rings. The molecule has 3 heterocycles. The molecular formula is C26H31N5O2S. The van der Waals surface area contributed by atoms with Crippen LogP contribution in [0, 0.1) is 5.41 Å². The van der Waals surface area contributed by atoms with Gasteiger partial charge in [-0.2, -0.15) is 0 Å². The first-order valence-corrected chi connectivity index (χ1v) is 12.4. The molecule has 0 atom stereocenters. The third-order valence-corrected chi connectivity index (χ3v) is 7.10. The number of carbonyl (C=O) groups excluding carboxylic acids is 2. The van der Waals surface area contributed by atoms with Crippen LogP contribution in [0.2, 0.25) is 0 Å². The van der Waals surface area contributed by atoms with Crippen LogP contribution >= 0.6 is 11.3 Å². The van der Waals surface area contributed by atoms with Crippen molar-refractivity contribution in [3.63, 3.8) is 0 Å². The van der Waals surface area contributed by atoms with Gasteiger partial charge in [-0.1, -0.05) is 12.1 Å². The molecule has 4 rings (SSSR count). The van der Waals surface area contributed by atoms with Gasteiger partial charge in [0.15, 0.2) is 0 Å². The molecule has 0 saturated carbocycles. The number of fused-ring (bicyclic) bond motifs is 1. The molecule has 1 aromatic carbocycles. The van der Waals surface area contributed by atoms with Crippen LogP contribution in [-0.2, 0) is 29.1 Å². The molecule has 1 aliphatic heterocycles. The van der Waals surface area contributed by atoms with Gasteiger partial charge >= 0.3 is 0 Å². The molecule has 0 fully saturated rings. The number of carbonyl (C=O) groups is 2. The maximum absolute atomic E-state index is 13.2. The molecule has 0 unspecified atom stereocenters. The fourth-order valence-electron chi connectivity index (χ4n) is 4.39. The van der Waals surface area contributed by atoms with Gasteiger partial charge in [-0.25, -0.2) is 0 Å². The van der Waals surface area contributed by atoms with Crippen molar-refractivity contribution in [2.75, 3.05) is 29.9 Å². The lowest BCUT2D eigenvalue weighted by Crippen LogP contribution is -2.47. The van der Waals surface area contributed by atoms with Crippen LogP contribution < -0.4 is 9.80 Å². The Morgan fingerprint density at radius 3 is 2.50 bits per heavy atom. The van der Waals surface area contributed by atoms with Crippen LogP contribution in [0.5, 0.6) is 0 Å². The lowest BCUT2D eigenvalue weighted by molar-refractivity contribution is -0.137. The number of aromatic nitrogens is 2. The maximum Gasteiger partial charge on any atom is 0.242 e. The summed E-state index contributed by atoms with van der Waals surface area (Å²) in [6, 6.07) is 10.1. The van der Waals surface area contributed by atoms with E-state index in [1.165, 1.54) is 10.4 Å². The number of pyridine rings is 1. The summed E-state index contributed by atoms with van der Waals surface area (Å²) < 4.78 is 0. The summed E-state index contributed by atoms with van der Waals surface area (Å²) in [7, 11) is 1.76. The summed E-state index contributed by atoms with van der Waals surface area (Å²) in [6.45, 7) is 8.25. The highest BCUT2D eigenvalue weighted by molar-refractivity contribution is 7.09. The summed E-state index contributed by atoms with van der Waals surface area (Å²) in [5.41, 5.74) is 4.60. The number of rotatable bonds is 8. The van der Waals surface area contributed by atoms with Crippen molar-refractivity contribution in [1.82, 2.24) is 14.9 Å². The van der Waals surface area contributed by atoms with E-state index in [2.05, 4.69) is 27.0 Å². The Morgan fingerprint density at radius 1 is 1.00 bits per heavy atom. The van der Waals surface area contributed by atoms with Gasteiger partial charge in [0.2, 0.25) is 11.8 Å². The highest BCUT2D eigenvalue weighted by Gasteiger charge is 2.45. The maximum atomic E-state index is 13.2. The van der Waals surface area contributed by atoms with Crippen LogP contribution in [0.1, 0.15) is 36.8 Å². The van der Waals surface area contributed by atoms with E-state index in [9.17, 15) is 9.59 Å². The van der Waals surface area contributed by atoms with Gasteiger partial charge in [-0.05, 0) is 56.5 Å². The van der Waals surface area contributed by atoms with E-state index in [0.717, 1.165) is 43.0 Å². The van der Waals surface area contributed by atoms with E-state index < -0.39 is 5.41 Å². The molecule has 0 radical (unpaired) electrons. The quantitative estimate of drug-likeness (QED) is 0.456. The highest BCUT2D eigenvalue weighted by Crippen LogP contribution is 2.39. The van der Waals surface area contributed by atoms with Crippen LogP contribution in [0.4, 0.5) is 11.4 Å². The molecule has 7 nitrogen and oxygen atoms in total. The molecule has 0 spiro atoms. The standard InChI is InChI=1S/C26H31N5O2S/c1-5-31-22-9-8-20(13-23(22)29(4)24(32)26(2,3)25(31)33)16-30(17-21-15-28-18-34-21)12-10-19-7-6-11-27-14-19/h6-9,11,13-15,18H,5,10,12,16-17H2,1-4H3. The van der Waals surface area contributed by atoms with Crippen LogP contribution in [0.15, 0.2) is 54.4 Å². The Morgan fingerprint density at radius 2 is 1.82 bits per heavy atom. The largest absolute Gasteiger partial charge is 0.313 e. The number of thiazole rings is 1. The minimum absolute atomic E-state index is 0.165. The zero-order chi connectivity index (χ0) is 24.3. The molecular weight excluding hydrogens is 446 g/mol. The van der Waals surface area contributed by atoms with E-state index in [4.69, 9.17) is 0 Å². The van der Waals surface area contributed by atoms with Gasteiger partial charge in [-0.3, -0.25) is 24.5 Å². The van der Waals surface area contributed by atoms with E-state index in [1.54, 1.807) is 48.2 Å². The van der Waals surface area contributed by atoms with Crippen LogP contribution in [0.3, 0.4) is 0 Å². The van der Waals surface area contributed by atoms with Crippen molar-refractivity contribution >= 4 is 34.5 Å². The molecule has 3 aromatic rings. The third-order valence-electron chi connectivity index (χ3n) is 6.34. The molecule has 2 amide bonds. The number of nitrogens with zero attached hydrogens (tertiary/aromatic N) is 5. The number of benzene rings is 1. The second kappa shape index (κ2) is 10.0. The van der Waals surface area contributed by atoms with Crippen molar-refractivity contribution in [2.24, 2.45) is 5.41 Å². The number of hydrogen-bond donors (Lipinski definition) is 0. The van der Waals surface area contributed by atoms with Crippen molar-refractivity contribution in [3.8, 4) is 0 Å². The van der Waals surface area contributed by atoms with Gasteiger partial charge in [0.25, 0.3) is 0 Å². The lowest BCUT2D eigenvalue weighted by atomic mass is 9.90. The second-order valence-electron chi connectivity index (χ2n) is 9.15. The first-order chi connectivity index (χ1) is 16.3. The Balaban J connectivity index is 1.62. The van der Waals surface area contributed by atoms with Gasteiger partial charge in [0, 0.05) is 56.7 Å². The van der Waals surface area contributed by atoms with Crippen LogP contribution in [-0.4, -0.2) is 46.8 Å². The fraction of sp³-hybridized carbons (Fsp3) is 0.385. The second-order valence-corrected chi connectivity index (χ2v) is 10.1. The highest BCUT2D eigenvalue weighted by atomic mass is 32.1. The van der Waals surface area contributed by atoms with Crippen molar-refractivity contribution in [2.45, 2.75) is 40.3 Å². The first kappa shape index (κ1) is 24.0. The van der Waals surface area contributed by atoms with Gasteiger partial charge in [-0.15, -0.1) is 11.3 Å². The van der Waals surface area contributed by atoms with Gasteiger partial charge in [0.1, 0.15) is 5.41 Å². The number of anilines is 2. The summed E-state index contributed by atoms with van der Waals surface area (Å²) >= 11 is 1.65. The average molecular weight is 478 g/mol. The fourth-order valence-corrected chi connectivity index (χ4v) is 5.03. The molecule has 0 N–H and O–H groups in total. The molecule has 0 bridgehead atoms. The zero-order valence-corrected chi connectivity index (χ0v) is 21.0. The minimum atomic E-state index is -1.11. The summed E-state index contributed by atoms with van der Waals surface area (Å²) in [6.07, 6.45) is 6.50. The molecule has 2 aromatic heterocycles.